The second-order valence-corrected chi connectivity index (χ2v) is 8.47. The molecule has 0 saturated carbocycles. The maximum absolute atomic E-state index is 6.41. The molecular formula is C20H23N7OS. The molecule has 1 spiro atoms. The van der Waals surface area contributed by atoms with Gasteiger partial charge in [-0.25, -0.2) is 19.9 Å². The molecule has 1 saturated heterocycles. The number of anilines is 3. The Morgan fingerprint density at radius 1 is 1.14 bits per heavy atom. The molecule has 0 amide bonds. The molecule has 0 unspecified atom stereocenters. The van der Waals surface area contributed by atoms with Gasteiger partial charge in [0.15, 0.2) is 11.6 Å². The number of nitrogens with one attached hydrogen (secondary N) is 1. The minimum absolute atomic E-state index is 0.234. The standard InChI is InChI=1S/C20H23N7OS/c1-22-18-19(24-6-5-23-18)27-7-3-20(4-8-27)13-10-16(29-15(13)2-9-28-20)14-11-26-17(21)12-25-14/h5-6,10-12H,2-4,7-9H2,1H3,(H2,21,26)(H,22,23). The Morgan fingerprint density at radius 2 is 1.97 bits per heavy atom. The van der Waals surface area contributed by atoms with Crippen molar-refractivity contribution in [2.24, 2.45) is 0 Å². The zero-order chi connectivity index (χ0) is 19.8. The minimum Gasteiger partial charge on any atom is -0.382 e. The largest absolute Gasteiger partial charge is 0.382 e. The highest BCUT2D eigenvalue weighted by Gasteiger charge is 2.42. The average Bonchev–Trinajstić information content (AvgIpc) is 3.21. The van der Waals surface area contributed by atoms with E-state index in [2.05, 4.69) is 36.2 Å². The highest BCUT2D eigenvalue weighted by atomic mass is 32.1. The summed E-state index contributed by atoms with van der Waals surface area (Å²) in [6, 6.07) is 2.25. The molecule has 5 heterocycles. The van der Waals surface area contributed by atoms with Crippen LogP contribution in [0.1, 0.15) is 23.3 Å². The summed E-state index contributed by atoms with van der Waals surface area (Å²) in [6.45, 7) is 2.51. The summed E-state index contributed by atoms with van der Waals surface area (Å²) < 4.78 is 6.41. The second kappa shape index (κ2) is 7.23. The summed E-state index contributed by atoms with van der Waals surface area (Å²) >= 11 is 1.80. The number of hydrogen-bond acceptors (Lipinski definition) is 9. The van der Waals surface area contributed by atoms with E-state index in [1.165, 1.54) is 10.4 Å². The van der Waals surface area contributed by atoms with Gasteiger partial charge in [0.25, 0.3) is 0 Å². The molecule has 0 bridgehead atoms. The van der Waals surface area contributed by atoms with Gasteiger partial charge in [0.05, 0.1) is 35.2 Å². The molecule has 2 aliphatic rings. The van der Waals surface area contributed by atoms with Crippen LogP contribution in [0.3, 0.4) is 0 Å². The number of piperidine rings is 1. The van der Waals surface area contributed by atoms with Crippen LogP contribution in [-0.2, 0) is 16.8 Å². The Balaban J connectivity index is 1.41. The molecule has 8 nitrogen and oxygen atoms in total. The van der Waals surface area contributed by atoms with Crippen LogP contribution in [-0.4, -0.2) is 46.7 Å². The van der Waals surface area contributed by atoms with Gasteiger partial charge in [-0.15, -0.1) is 11.3 Å². The quantitative estimate of drug-likeness (QED) is 0.681. The van der Waals surface area contributed by atoms with Gasteiger partial charge in [-0.2, -0.15) is 0 Å². The van der Waals surface area contributed by atoms with Crippen LogP contribution in [0.4, 0.5) is 17.5 Å². The summed E-state index contributed by atoms with van der Waals surface area (Å²) in [7, 11) is 1.88. The second-order valence-electron chi connectivity index (χ2n) is 7.33. The molecule has 5 rings (SSSR count). The SMILES string of the molecule is CNc1nccnc1N1CCC2(CC1)OCCc1sc(-c3cnc(N)cn3)cc12. The van der Waals surface area contributed by atoms with Crippen LogP contribution in [0.15, 0.2) is 30.9 Å². The van der Waals surface area contributed by atoms with Gasteiger partial charge in [0.2, 0.25) is 0 Å². The fraction of sp³-hybridized carbons (Fsp3) is 0.400. The van der Waals surface area contributed by atoms with Crippen LogP contribution in [0.25, 0.3) is 10.6 Å². The number of rotatable bonds is 3. The van der Waals surface area contributed by atoms with Gasteiger partial charge < -0.3 is 20.7 Å². The Labute approximate surface area is 173 Å². The molecule has 0 aromatic carbocycles. The molecule has 1 fully saturated rings. The first kappa shape index (κ1) is 18.3. The number of aromatic nitrogens is 4. The summed E-state index contributed by atoms with van der Waals surface area (Å²) in [4.78, 5) is 22.4. The summed E-state index contributed by atoms with van der Waals surface area (Å²) in [5.41, 5.74) is 7.63. The smallest absolute Gasteiger partial charge is 0.171 e. The summed E-state index contributed by atoms with van der Waals surface area (Å²) in [6.07, 6.45) is 9.60. The van der Waals surface area contributed by atoms with Crippen molar-refractivity contribution in [3.05, 3.63) is 41.3 Å². The summed E-state index contributed by atoms with van der Waals surface area (Å²) in [5.74, 6) is 2.16. The fourth-order valence-electron chi connectivity index (χ4n) is 4.24. The van der Waals surface area contributed by atoms with Crippen LogP contribution in [0.2, 0.25) is 0 Å². The topological polar surface area (TPSA) is 102 Å². The Kier molecular flexibility index (Phi) is 4.56. The van der Waals surface area contributed by atoms with E-state index in [4.69, 9.17) is 10.5 Å². The third-order valence-corrected chi connectivity index (χ3v) is 6.94. The minimum atomic E-state index is -0.234. The predicted octanol–water partition coefficient (Wildman–Crippen LogP) is 2.69. The normalized spacial score (nSPS) is 17.9. The van der Waals surface area contributed by atoms with Crippen molar-refractivity contribution >= 4 is 28.8 Å². The Morgan fingerprint density at radius 3 is 2.72 bits per heavy atom. The number of fused-ring (bicyclic) bond motifs is 2. The lowest BCUT2D eigenvalue weighted by atomic mass is 9.82. The molecule has 29 heavy (non-hydrogen) atoms. The van der Waals surface area contributed by atoms with Gasteiger partial charge >= 0.3 is 0 Å². The number of nitrogen functional groups attached to an aromatic ring is 1. The van der Waals surface area contributed by atoms with Gasteiger partial charge in [0.1, 0.15) is 5.82 Å². The number of thiophene rings is 1. The van der Waals surface area contributed by atoms with E-state index < -0.39 is 0 Å². The van der Waals surface area contributed by atoms with E-state index in [1.807, 2.05) is 7.05 Å². The third-order valence-electron chi connectivity index (χ3n) is 5.72. The molecule has 3 N–H and O–H groups in total. The monoisotopic (exact) mass is 409 g/mol. The molecule has 150 valence electrons. The van der Waals surface area contributed by atoms with E-state index in [0.29, 0.717) is 5.82 Å². The molecule has 0 aliphatic carbocycles. The Hall–Kier alpha value is -2.78. The van der Waals surface area contributed by atoms with Crippen LogP contribution in [0, 0.1) is 0 Å². The highest BCUT2D eigenvalue weighted by Crippen LogP contribution is 2.47. The van der Waals surface area contributed by atoms with Crippen molar-refractivity contribution in [1.82, 2.24) is 19.9 Å². The van der Waals surface area contributed by atoms with Crippen LogP contribution < -0.4 is 16.0 Å². The number of nitrogens with zero attached hydrogens (tertiary/aromatic N) is 5. The van der Waals surface area contributed by atoms with Crippen molar-refractivity contribution in [2.75, 3.05) is 42.7 Å². The molecule has 0 radical (unpaired) electrons. The summed E-state index contributed by atoms with van der Waals surface area (Å²) in [5, 5.41) is 3.14. The van der Waals surface area contributed by atoms with Gasteiger partial charge in [-0.05, 0) is 24.5 Å². The first-order valence-electron chi connectivity index (χ1n) is 9.77. The van der Waals surface area contributed by atoms with Crippen LogP contribution in [0.5, 0.6) is 0 Å². The van der Waals surface area contributed by atoms with Crippen molar-refractivity contribution in [3.63, 3.8) is 0 Å². The predicted molar refractivity (Wildman–Crippen MR) is 114 cm³/mol. The lowest BCUT2D eigenvalue weighted by molar-refractivity contribution is -0.0757. The van der Waals surface area contributed by atoms with E-state index in [9.17, 15) is 0 Å². The first-order valence-corrected chi connectivity index (χ1v) is 10.6. The lowest BCUT2D eigenvalue weighted by Gasteiger charge is -2.44. The number of ether oxygens (including phenoxy) is 1. The van der Waals surface area contributed by atoms with E-state index in [1.54, 1.807) is 36.1 Å². The molecule has 9 heteroatoms. The van der Waals surface area contributed by atoms with Crippen molar-refractivity contribution in [3.8, 4) is 10.6 Å². The maximum Gasteiger partial charge on any atom is 0.171 e. The average molecular weight is 410 g/mol. The van der Waals surface area contributed by atoms with E-state index >= 15 is 0 Å². The lowest BCUT2D eigenvalue weighted by Crippen LogP contribution is -2.46. The molecule has 3 aromatic rings. The Bertz CT molecular complexity index is 1010. The van der Waals surface area contributed by atoms with Gasteiger partial charge in [-0.1, -0.05) is 0 Å². The van der Waals surface area contributed by atoms with Crippen molar-refractivity contribution in [1.29, 1.82) is 0 Å². The van der Waals surface area contributed by atoms with Crippen molar-refractivity contribution in [2.45, 2.75) is 24.9 Å². The zero-order valence-electron chi connectivity index (χ0n) is 16.3. The third kappa shape index (κ3) is 3.20. The van der Waals surface area contributed by atoms with E-state index in [0.717, 1.165) is 61.2 Å². The molecule has 3 aromatic heterocycles. The zero-order valence-corrected chi connectivity index (χ0v) is 17.1. The fourth-order valence-corrected chi connectivity index (χ4v) is 5.43. The maximum atomic E-state index is 6.41. The first-order chi connectivity index (χ1) is 14.2. The molecular weight excluding hydrogens is 386 g/mol. The van der Waals surface area contributed by atoms with Crippen LogP contribution >= 0.6 is 11.3 Å². The van der Waals surface area contributed by atoms with Gasteiger partial charge in [0, 0.05) is 43.8 Å². The molecule has 0 atom stereocenters. The highest BCUT2D eigenvalue weighted by molar-refractivity contribution is 7.15. The van der Waals surface area contributed by atoms with Crippen molar-refractivity contribution < 1.29 is 4.74 Å². The van der Waals surface area contributed by atoms with Gasteiger partial charge in [-0.3, -0.25) is 0 Å². The number of nitrogens with two attached hydrogens (primary N) is 1. The number of hydrogen-bond donors (Lipinski definition) is 2. The van der Waals surface area contributed by atoms with E-state index in [-0.39, 0.29) is 5.60 Å². The molecule has 2 aliphatic heterocycles.